The molecule has 2 heterocycles. The lowest BCUT2D eigenvalue weighted by Crippen LogP contribution is -2.02. The third-order valence-electron chi connectivity index (χ3n) is 5.23. The van der Waals surface area contributed by atoms with E-state index in [4.69, 9.17) is 4.98 Å². The molecule has 5 aromatic rings. The Bertz CT molecular complexity index is 1330. The molecule has 0 aliphatic carbocycles. The molecule has 142 valence electrons. The van der Waals surface area contributed by atoms with E-state index in [9.17, 15) is 10.1 Å². The molecule has 0 saturated heterocycles. The Morgan fingerprint density at radius 2 is 1.72 bits per heavy atom. The Balaban J connectivity index is 1.65. The van der Waals surface area contributed by atoms with E-state index in [1.54, 1.807) is 23.5 Å². The van der Waals surface area contributed by atoms with Crippen LogP contribution in [0, 0.1) is 17.0 Å². The molecule has 0 aliphatic heterocycles. The lowest BCUT2D eigenvalue weighted by molar-refractivity contribution is -0.384. The SMILES string of the molecule is Cc1c(-c2nc3ccccc3s2)c2ccccc2n1Cc1ccc([N+](=O)[O-])cc1. The van der Waals surface area contributed by atoms with Crippen molar-refractivity contribution in [1.82, 2.24) is 9.55 Å². The standard InChI is InChI=1S/C23H17N3O2S/c1-15-22(23-24-19-7-3-5-9-21(19)29-23)18-6-2-4-8-20(18)25(15)14-16-10-12-17(13-11-16)26(27)28/h2-13H,14H2,1H3. The summed E-state index contributed by atoms with van der Waals surface area (Å²) >= 11 is 1.70. The summed E-state index contributed by atoms with van der Waals surface area (Å²) in [5.41, 5.74) is 5.58. The minimum absolute atomic E-state index is 0.109. The summed E-state index contributed by atoms with van der Waals surface area (Å²) in [5, 5.41) is 13.1. The van der Waals surface area contributed by atoms with Crippen LogP contribution in [-0.4, -0.2) is 14.5 Å². The van der Waals surface area contributed by atoms with Crippen LogP contribution >= 0.6 is 11.3 Å². The fourth-order valence-electron chi connectivity index (χ4n) is 3.79. The van der Waals surface area contributed by atoms with Crippen molar-refractivity contribution in [2.24, 2.45) is 0 Å². The predicted molar refractivity (Wildman–Crippen MR) is 117 cm³/mol. The number of nitro groups is 1. The van der Waals surface area contributed by atoms with Crippen LogP contribution in [0.4, 0.5) is 5.69 Å². The fraction of sp³-hybridized carbons (Fsp3) is 0.0870. The van der Waals surface area contributed by atoms with Crippen LogP contribution in [0.5, 0.6) is 0 Å². The number of aromatic nitrogens is 2. The van der Waals surface area contributed by atoms with Crippen molar-refractivity contribution in [3.63, 3.8) is 0 Å². The highest BCUT2D eigenvalue weighted by molar-refractivity contribution is 7.21. The van der Waals surface area contributed by atoms with E-state index in [1.807, 2.05) is 36.4 Å². The minimum atomic E-state index is -0.370. The van der Waals surface area contributed by atoms with Gasteiger partial charge in [0.1, 0.15) is 5.01 Å². The van der Waals surface area contributed by atoms with E-state index in [2.05, 4.69) is 35.8 Å². The molecule has 0 aliphatic rings. The summed E-state index contributed by atoms with van der Waals surface area (Å²) in [6.07, 6.45) is 0. The van der Waals surface area contributed by atoms with Crippen molar-refractivity contribution < 1.29 is 4.92 Å². The van der Waals surface area contributed by atoms with Gasteiger partial charge in [0.2, 0.25) is 0 Å². The second-order valence-electron chi connectivity index (χ2n) is 6.97. The normalized spacial score (nSPS) is 11.3. The van der Waals surface area contributed by atoms with Gasteiger partial charge in [0, 0.05) is 40.8 Å². The van der Waals surface area contributed by atoms with E-state index in [0.29, 0.717) is 6.54 Å². The zero-order valence-corrected chi connectivity index (χ0v) is 16.5. The minimum Gasteiger partial charge on any atom is -0.340 e. The lowest BCUT2D eigenvalue weighted by atomic mass is 10.1. The number of nitro benzene ring substituents is 1. The Hall–Kier alpha value is -3.51. The van der Waals surface area contributed by atoms with E-state index in [0.717, 1.165) is 32.9 Å². The monoisotopic (exact) mass is 399 g/mol. The number of rotatable bonds is 4. The molecule has 2 aromatic heterocycles. The second kappa shape index (κ2) is 6.83. The van der Waals surface area contributed by atoms with Gasteiger partial charge in [-0.1, -0.05) is 42.5 Å². The van der Waals surface area contributed by atoms with Gasteiger partial charge >= 0.3 is 0 Å². The first kappa shape index (κ1) is 17.6. The van der Waals surface area contributed by atoms with Gasteiger partial charge in [-0.2, -0.15) is 0 Å². The average molecular weight is 399 g/mol. The highest BCUT2D eigenvalue weighted by atomic mass is 32.1. The quantitative estimate of drug-likeness (QED) is 0.268. The van der Waals surface area contributed by atoms with Crippen LogP contribution in [0.25, 0.3) is 31.7 Å². The summed E-state index contributed by atoms with van der Waals surface area (Å²) < 4.78 is 3.44. The van der Waals surface area contributed by atoms with Crippen molar-refractivity contribution in [3.05, 3.63) is 94.2 Å². The van der Waals surface area contributed by atoms with Crippen molar-refractivity contribution in [3.8, 4) is 10.6 Å². The molecule has 0 atom stereocenters. The van der Waals surface area contributed by atoms with Crippen molar-refractivity contribution >= 4 is 38.1 Å². The molecule has 6 heteroatoms. The second-order valence-corrected chi connectivity index (χ2v) is 8.00. The molecule has 29 heavy (non-hydrogen) atoms. The molecule has 0 bridgehead atoms. The first-order valence-electron chi connectivity index (χ1n) is 9.29. The Morgan fingerprint density at radius 3 is 2.48 bits per heavy atom. The van der Waals surface area contributed by atoms with Crippen LogP contribution < -0.4 is 0 Å². The highest BCUT2D eigenvalue weighted by Crippen LogP contribution is 2.38. The van der Waals surface area contributed by atoms with Crippen molar-refractivity contribution in [1.29, 1.82) is 0 Å². The van der Waals surface area contributed by atoms with Crippen LogP contribution in [-0.2, 0) is 6.54 Å². The Morgan fingerprint density at radius 1 is 1.00 bits per heavy atom. The van der Waals surface area contributed by atoms with Crippen LogP contribution in [0.2, 0.25) is 0 Å². The summed E-state index contributed by atoms with van der Waals surface area (Å²) in [6, 6.07) is 23.3. The number of fused-ring (bicyclic) bond motifs is 2. The Labute approximate surface area is 171 Å². The van der Waals surface area contributed by atoms with Gasteiger partial charge in [-0.15, -0.1) is 11.3 Å². The maximum atomic E-state index is 10.9. The molecular formula is C23H17N3O2S. The molecule has 0 saturated carbocycles. The molecule has 0 radical (unpaired) electrons. The van der Waals surface area contributed by atoms with E-state index in [-0.39, 0.29) is 10.6 Å². The number of para-hydroxylation sites is 2. The van der Waals surface area contributed by atoms with Gasteiger partial charge in [0.05, 0.1) is 15.1 Å². The largest absolute Gasteiger partial charge is 0.340 e. The maximum Gasteiger partial charge on any atom is 0.269 e. The predicted octanol–water partition coefficient (Wildman–Crippen LogP) is 6.18. The van der Waals surface area contributed by atoms with Crippen LogP contribution in [0.1, 0.15) is 11.3 Å². The van der Waals surface area contributed by atoms with Crippen molar-refractivity contribution in [2.45, 2.75) is 13.5 Å². The van der Waals surface area contributed by atoms with E-state index < -0.39 is 0 Å². The number of nitrogens with zero attached hydrogens (tertiary/aromatic N) is 3. The molecule has 0 unspecified atom stereocenters. The summed E-state index contributed by atoms with van der Waals surface area (Å²) in [4.78, 5) is 15.4. The summed E-state index contributed by atoms with van der Waals surface area (Å²) in [5.74, 6) is 0. The maximum absolute atomic E-state index is 10.9. The highest BCUT2D eigenvalue weighted by Gasteiger charge is 2.18. The number of non-ortho nitro benzene ring substituents is 1. The van der Waals surface area contributed by atoms with Gasteiger partial charge in [-0.25, -0.2) is 4.98 Å². The Kier molecular flexibility index (Phi) is 4.14. The van der Waals surface area contributed by atoms with Crippen LogP contribution in [0.15, 0.2) is 72.8 Å². The van der Waals surface area contributed by atoms with Gasteiger partial charge in [0.15, 0.2) is 0 Å². The van der Waals surface area contributed by atoms with Gasteiger partial charge in [0.25, 0.3) is 5.69 Å². The molecule has 0 spiro atoms. The zero-order valence-electron chi connectivity index (χ0n) is 15.7. The number of hydrogen-bond donors (Lipinski definition) is 0. The molecular weight excluding hydrogens is 382 g/mol. The molecule has 5 rings (SSSR count). The first-order valence-corrected chi connectivity index (χ1v) is 10.1. The third kappa shape index (κ3) is 2.98. The average Bonchev–Trinajstić information content (AvgIpc) is 3.27. The van der Waals surface area contributed by atoms with Gasteiger partial charge < -0.3 is 4.57 Å². The molecule has 0 fully saturated rings. The molecule has 0 N–H and O–H groups in total. The third-order valence-corrected chi connectivity index (χ3v) is 6.28. The van der Waals surface area contributed by atoms with E-state index in [1.165, 1.54) is 10.1 Å². The number of benzene rings is 3. The zero-order chi connectivity index (χ0) is 20.0. The molecule has 5 nitrogen and oxygen atoms in total. The molecule has 0 amide bonds. The van der Waals surface area contributed by atoms with E-state index >= 15 is 0 Å². The van der Waals surface area contributed by atoms with Crippen molar-refractivity contribution in [2.75, 3.05) is 0 Å². The topological polar surface area (TPSA) is 61.0 Å². The number of hydrogen-bond acceptors (Lipinski definition) is 4. The smallest absolute Gasteiger partial charge is 0.269 e. The van der Waals surface area contributed by atoms with Gasteiger partial charge in [-0.05, 0) is 30.7 Å². The fourth-order valence-corrected chi connectivity index (χ4v) is 4.87. The van der Waals surface area contributed by atoms with Gasteiger partial charge in [-0.3, -0.25) is 10.1 Å². The lowest BCUT2D eigenvalue weighted by Gasteiger charge is -2.09. The first-order chi connectivity index (χ1) is 14.1. The molecule has 3 aromatic carbocycles. The number of thiazole rings is 1. The van der Waals surface area contributed by atoms with Crippen LogP contribution in [0.3, 0.4) is 0 Å². The summed E-state index contributed by atoms with van der Waals surface area (Å²) in [6.45, 7) is 2.77. The summed E-state index contributed by atoms with van der Waals surface area (Å²) in [7, 11) is 0.